The molecule has 0 saturated heterocycles. The van der Waals surface area contributed by atoms with E-state index in [9.17, 15) is 10.1 Å². The number of hydrazone groups is 1. The van der Waals surface area contributed by atoms with Gasteiger partial charge in [-0.3, -0.25) is 15.5 Å². The topological polar surface area (TPSA) is 79.6 Å². The molecule has 0 aliphatic rings. The van der Waals surface area contributed by atoms with E-state index in [1.54, 1.807) is 12.1 Å². The number of nitro groups is 1. The molecule has 17 heavy (non-hydrogen) atoms. The molecule has 90 valence electrons. The summed E-state index contributed by atoms with van der Waals surface area (Å²) in [5.41, 5.74) is 3.26. The Kier molecular flexibility index (Phi) is 5.02. The van der Waals surface area contributed by atoms with Gasteiger partial charge in [0, 0.05) is 24.2 Å². The Balaban J connectivity index is 2.62. The number of benzene rings is 1. The van der Waals surface area contributed by atoms with Crippen molar-refractivity contribution in [2.24, 2.45) is 5.10 Å². The van der Waals surface area contributed by atoms with Crippen LogP contribution in [0, 0.1) is 10.1 Å². The van der Waals surface area contributed by atoms with Crippen molar-refractivity contribution >= 4 is 29.2 Å². The van der Waals surface area contributed by atoms with Crippen LogP contribution in [-0.2, 0) is 0 Å². The minimum atomic E-state index is -0.450. The quantitative estimate of drug-likeness (QED) is 0.366. The molecule has 2 N–H and O–H groups in total. The second-order valence-electron chi connectivity index (χ2n) is 3.08. The fourth-order valence-electron chi connectivity index (χ4n) is 1.08. The van der Waals surface area contributed by atoms with Crippen molar-refractivity contribution in [1.82, 2.24) is 10.7 Å². The molecule has 0 unspecified atom stereocenters. The molecule has 0 atom stereocenters. The lowest BCUT2D eigenvalue weighted by Gasteiger charge is -2.02. The van der Waals surface area contributed by atoms with Crippen LogP contribution in [0.4, 0.5) is 5.69 Å². The maximum atomic E-state index is 10.5. The highest BCUT2D eigenvalue weighted by molar-refractivity contribution is 7.80. The molecule has 0 aromatic heterocycles. The van der Waals surface area contributed by atoms with Crippen molar-refractivity contribution in [3.05, 3.63) is 39.9 Å². The first-order valence-corrected chi connectivity index (χ1v) is 5.35. The number of non-ortho nitro benzene ring substituents is 1. The fourth-order valence-corrected chi connectivity index (χ4v) is 1.28. The molecule has 0 aliphatic heterocycles. The van der Waals surface area contributed by atoms with Gasteiger partial charge >= 0.3 is 0 Å². The second kappa shape index (κ2) is 6.54. The standard InChI is InChI=1S/C10H12N4O2S/c1-2-11-10(17)13-12-7-8-4-3-5-9(6-8)14(15)16/h3-7H,2H2,1H3,(H2,11,13,17)/b12-7+. The Labute approximate surface area is 104 Å². The van der Waals surface area contributed by atoms with Gasteiger partial charge < -0.3 is 5.32 Å². The number of nitrogens with one attached hydrogen (secondary N) is 2. The van der Waals surface area contributed by atoms with Crippen LogP contribution in [0.25, 0.3) is 0 Å². The van der Waals surface area contributed by atoms with Gasteiger partial charge in [-0.25, -0.2) is 0 Å². The SMILES string of the molecule is CCNC(=S)N/N=C/c1cccc([N+](=O)[O-])c1. The lowest BCUT2D eigenvalue weighted by Crippen LogP contribution is -2.31. The molecule has 1 aromatic rings. The molecule has 0 heterocycles. The van der Waals surface area contributed by atoms with E-state index in [1.165, 1.54) is 18.3 Å². The van der Waals surface area contributed by atoms with Crippen LogP contribution < -0.4 is 10.7 Å². The first kappa shape index (κ1) is 13.0. The monoisotopic (exact) mass is 252 g/mol. The maximum Gasteiger partial charge on any atom is 0.270 e. The Morgan fingerprint density at radius 3 is 3.06 bits per heavy atom. The van der Waals surface area contributed by atoms with Gasteiger partial charge in [0.25, 0.3) is 5.69 Å². The van der Waals surface area contributed by atoms with Crippen LogP contribution in [-0.4, -0.2) is 22.8 Å². The third kappa shape index (κ3) is 4.56. The molecular formula is C10H12N4O2S. The van der Waals surface area contributed by atoms with E-state index in [4.69, 9.17) is 12.2 Å². The summed E-state index contributed by atoms with van der Waals surface area (Å²) in [6, 6.07) is 6.17. The number of hydrogen-bond acceptors (Lipinski definition) is 4. The lowest BCUT2D eigenvalue weighted by atomic mass is 10.2. The number of hydrogen-bond donors (Lipinski definition) is 2. The maximum absolute atomic E-state index is 10.5. The zero-order valence-corrected chi connectivity index (χ0v) is 10.0. The van der Waals surface area contributed by atoms with Crippen molar-refractivity contribution in [1.29, 1.82) is 0 Å². The highest BCUT2D eigenvalue weighted by atomic mass is 32.1. The van der Waals surface area contributed by atoms with Crippen LogP contribution >= 0.6 is 12.2 Å². The summed E-state index contributed by atoms with van der Waals surface area (Å²) in [4.78, 5) is 10.1. The van der Waals surface area contributed by atoms with Gasteiger partial charge in [-0.1, -0.05) is 12.1 Å². The lowest BCUT2D eigenvalue weighted by molar-refractivity contribution is -0.384. The Hall–Kier alpha value is -2.02. The van der Waals surface area contributed by atoms with Crippen molar-refractivity contribution in [2.45, 2.75) is 6.92 Å². The van der Waals surface area contributed by atoms with E-state index in [-0.39, 0.29) is 5.69 Å². The summed E-state index contributed by atoms with van der Waals surface area (Å²) >= 11 is 4.89. The summed E-state index contributed by atoms with van der Waals surface area (Å²) in [7, 11) is 0. The zero-order valence-electron chi connectivity index (χ0n) is 9.21. The van der Waals surface area contributed by atoms with E-state index < -0.39 is 4.92 Å². The molecule has 0 bridgehead atoms. The number of rotatable bonds is 4. The average molecular weight is 252 g/mol. The number of nitro benzene ring substituents is 1. The van der Waals surface area contributed by atoms with E-state index in [0.29, 0.717) is 17.2 Å². The fraction of sp³-hybridized carbons (Fsp3) is 0.200. The van der Waals surface area contributed by atoms with Crippen LogP contribution in [0.3, 0.4) is 0 Å². The van der Waals surface area contributed by atoms with Gasteiger partial charge in [-0.05, 0) is 19.1 Å². The molecule has 1 rings (SSSR count). The largest absolute Gasteiger partial charge is 0.362 e. The van der Waals surface area contributed by atoms with Crippen LogP contribution in [0.2, 0.25) is 0 Å². The van der Waals surface area contributed by atoms with Gasteiger partial charge in [-0.2, -0.15) is 5.10 Å². The highest BCUT2D eigenvalue weighted by Gasteiger charge is 2.03. The zero-order chi connectivity index (χ0) is 12.7. The summed E-state index contributed by atoms with van der Waals surface area (Å²) in [6.45, 7) is 2.62. The van der Waals surface area contributed by atoms with Crippen molar-refractivity contribution in [3.63, 3.8) is 0 Å². The second-order valence-corrected chi connectivity index (χ2v) is 3.49. The highest BCUT2D eigenvalue weighted by Crippen LogP contribution is 2.11. The Morgan fingerprint density at radius 1 is 1.65 bits per heavy atom. The van der Waals surface area contributed by atoms with Crippen LogP contribution in [0.1, 0.15) is 12.5 Å². The third-order valence-electron chi connectivity index (χ3n) is 1.80. The normalized spacial score (nSPS) is 10.2. The van der Waals surface area contributed by atoms with Gasteiger partial charge in [0.15, 0.2) is 5.11 Å². The first-order chi connectivity index (χ1) is 8.13. The summed E-state index contributed by atoms with van der Waals surface area (Å²) in [6.07, 6.45) is 1.47. The third-order valence-corrected chi connectivity index (χ3v) is 2.03. The molecule has 0 spiro atoms. The molecule has 0 saturated carbocycles. The van der Waals surface area contributed by atoms with Gasteiger partial charge in [0.1, 0.15) is 0 Å². The van der Waals surface area contributed by atoms with Crippen molar-refractivity contribution in [3.8, 4) is 0 Å². The predicted molar refractivity (Wildman–Crippen MR) is 70.1 cm³/mol. The first-order valence-electron chi connectivity index (χ1n) is 4.95. The molecule has 7 heteroatoms. The molecule has 0 radical (unpaired) electrons. The number of thiocarbonyl (C=S) groups is 1. The van der Waals surface area contributed by atoms with Crippen LogP contribution in [0.5, 0.6) is 0 Å². The van der Waals surface area contributed by atoms with Gasteiger partial charge in [0.05, 0.1) is 11.1 Å². The smallest absolute Gasteiger partial charge is 0.270 e. The van der Waals surface area contributed by atoms with Gasteiger partial charge in [0.2, 0.25) is 0 Å². The van der Waals surface area contributed by atoms with Gasteiger partial charge in [-0.15, -0.1) is 0 Å². The Bertz CT molecular complexity index is 448. The van der Waals surface area contributed by atoms with Crippen LogP contribution in [0.15, 0.2) is 29.4 Å². The Morgan fingerprint density at radius 2 is 2.41 bits per heavy atom. The molecule has 0 amide bonds. The number of nitrogens with zero attached hydrogens (tertiary/aromatic N) is 2. The van der Waals surface area contributed by atoms with E-state index in [2.05, 4.69) is 15.8 Å². The van der Waals surface area contributed by atoms with E-state index in [1.807, 2.05) is 6.92 Å². The average Bonchev–Trinajstić information content (AvgIpc) is 2.30. The van der Waals surface area contributed by atoms with E-state index in [0.717, 1.165) is 0 Å². The molecule has 6 nitrogen and oxygen atoms in total. The minimum absolute atomic E-state index is 0.0307. The van der Waals surface area contributed by atoms with E-state index >= 15 is 0 Å². The molecule has 0 aliphatic carbocycles. The summed E-state index contributed by atoms with van der Waals surface area (Å²) < 4.78 is 0. The minimum Gasteiger partial charge on any atom is -0.362 e. The van der Waals surface area contributed by atoms with Crippen molar-refractivity contribution in [2.75, 3.05) is 6.54 Å². The summed E-state index contributed by atoms with van der Waals surface area (Å²) in [5, 5.41) is 17.7. The summed E-state index contributed by atoms with van der Waals surface area (Å²) in [5.74, 6) is 0. The molecular weight excluding hydrogens is 240 g/mol. The van der Waals surface area contributed by atoms with Crippen molar-refractivity contribution < 1.29 is 4.92 Å². The molecule has 1 aromatic carbocycles. The molecule has 0 fully saturated rings. The predicted octanol–water partition coefficient (Wildman–Crippen LogP) is 1.41.